The van der Waals surface area contributed by atoms with Crippen LogP contribution in [0.4, 0.5) is 0 Å². The zero-order valence-electron chi connectivity index (χ0n) is 13.1. The van der Waals surface area contributed by atoms with Crippen molar-refractivity contribution in [3.63, 3.8) is 0 Å². The highest BCUT2D eigenvalue weighted by Gasteiger charge is 2.16. The molecular weight excluding hydrogens is 266 g/mol. The van der Waals surface area contributed by atoms with Gasteiger partial charge in [0.15, 0.2) is 5.82 Å². The molecule has 1 atom stereocenters. The van der Waals surface area contributed by atoms with Crippen molar-refractivity contribution in [1.29, 1.82) is 0 Å². The fourth-order valence-electron chi connectivity index (χ4n) is 2.51. The Balaban J connectivity index is 2.38. The number of hydrogen-bond donors (Lipinski definition) is 1. The van der Waals surface area contributed by atoms with Gasteiger partial charge in [0.25, 0.3) is 0 Å². The fourth-order valence-corrected chi connectivity index (χ4v) is 2.51. The Bertz CT molecular complexity index is 589. The zero-order valence-corrected chi connectivity index (χ0v) is 13.1. The normalized spacial score (nSPS) is 12.2. The fraction of sp³-hybridized carbons (Fsp3) is 0.467. The van der Waals surface area contributed by atoms with Crippen LogP contribution in [-0.2, 0) is 0 Å². The van der Waals surface area contributed by atoms with Gasteiger partial charge in [-0.3, -0.25) is 0 Å². The first-order valence-corrected chi connectivity index (χ1v) is 6.94. The molecule has 0 saturated carbocycles. The molecule has 0 saturated heterocycles. The van der Waals surface area contributed by atoms with Crippen LogP contribution in [0.15, 0.2) is 12.1 Å². The monoisotopic (exact) mass is 287 g/mol. The van der Waals surface area contributed by atoms with Crippen LogP contribution in [0.25, 0.3) is 11.5 Å². The summed E-state index contributed by atoms with van der Waals surface area (Å²) < 4.78 is 5.01. The van der Waals surface area contributed by atoms with E-state index in [0.29, 0.717) is 23.3 Å². The molecule has 6 nitrogen and oxygen atoms in total. The van der Waals surface area contributed by atoms with E-state index in [4.69, 9.17) is 4.74 Å². The number of likely N-dealkylation sites (N-methyl/N-ethyl adjacent to an activating group) is 1. The summed E-state index contributed by atoms with van der Waals surface area (Å²) in [6.07, 6.45) is 0. The average Bonchev–Trinajstić information content (AvgIpc) is 2.47. The predicted molar refractivity (Wildman–Crippen MR) is 81.4 cm³/mol. The third-order valence-corrected chi connectivity index (χ3v) is 3.41. The Morgan fingerprint density at radius 2 is 1.81 bits per heavy atom. The Kier molecular flexibility index (Phi) is 4.80. The van der Waals surface area contributed by atoms with E-state index in [0.717, 1.165) is 17.9 Å². The minimum absolute atomic E-state index is 0.367. The summed E-state index contributed by atoms with van der Waals surface area (Å²) in [5, 5.41) is 11.2. The van der Waals surface area contributed by atoms with E-state index in [1.54, 1.807) is 13.2 Å². The highest BCUT2D eigenvalue weighted by molar-refractivity contribution is 5.50. The molecule has 0 spiro atoms. The lowest BCUT2D eigenvalue weighted by Gasteiger charge is -2.16. The predicted octanol–water partition coefficient (Wildman–Crippen LogP) is 1.88. The van der Waals surface area contributed by atoms with E-state index < -0.39 is 0 Å². The van der Waals surface area contributed by atoms with E-state index >= 15 is 0 Å². The maximum atomic E-state index is 5.01. The summed E-state index contributed by atoms with van der Waals surface area (Å²) in [6, 6.07) is 3.57. The number of nitrogens with one attached hydrogen (secondary N) is 1. The SMILES string of the molecule is CNCC(C)c1c(C)nc(-c2ccc(OC)nn2)nc1C. The van der Waals surface area contributed by atoms with Crippen LogP contribution in [0.5, 0.6) is 5.88 Å². The van der Waals surface area contributed by atoms with E-state index in [9.17, 15) is 0 Å². The van der Waals surface area contributed by atoms with Gasteiger partial charge in [-0.25, -0.2) is 9.97 Å². The molecule has 0 fully saturated rings. The number of nitrogens with zero attached hydrogens (tertiary/aromatic N) is 4. The minimum atomic E-state index is 0.367. The average molecular weight is 287 g/mol. The quantitative estimate of drug-likeness (QED) is 0.905. The molecule has 21 heavy (non-hydrogen) atoms. The van der Waals surface area contributed by atoms with Gasteiger partial charge in [-0.15, -0.1) is 10.2 Å². The largest absolute Gasteiger partial charge is 0.480 e. The number of hydrogen-bond acceptors (Lipinski definition) is 6. The number of ether oxygens (including phenoxy) is 1. The molecule has 2 aromatic rings. The maximum Gasteiger partial charge on any atom is 0.233 e. The highest BCUT2D eigenvalue weighted by atomic mass is 16.5. The number of methoxy groups -OCH3 is 1. The lowest BCUT2D eigenvalue weighted by molar-refractivity contribution is 0.392. The Labute approximate surface area is 125 Å². The summed E-state index contributed by atoms with van der Waals surface area (Å²) >= 11 is 0. The van der Waals surface area contributed by atoms with Crippen LogP contribution in [0.1, 0.15) is 29.8 Å². The first-order valence-electron chi connectivity index (χ1n) is 6.94. The van der Waals surface area contributed by atoms with Crippen LogP contribution in [0, 0.1) is 13.8 Å². The number of rotatable bonds is 5. The summed E-state index contributed by atoms with van der Waals surface area (Å²) in [5.41, 5.74) is 3.81. The minimum Gasteiger partial charge on any atom is -0.480 e. The van der Waals surface area contributed by atoms with Gasteiger partial charge in [0.2, 0.25) is 5.88 Å². The van der Waals surface area contributed by atoms with Crippen LogP contribution in [-0.4, -0.2) is 40.9 Å². The van der Waals surface area contributed by atoms with Gasteiger partial charge in [-0.1, -0.05) is 6.92 Å². The highest BCUT2D eigenvalue weighted by Crippen LogP contribution is 2.23. The molecule has 0 amide bonds. The summed E-state index contributed by atoms with van der Waals surface area (Å²) in [7, 11) is 3.51. The molecule has 0 aliphatic carbocycles. The van der Waals surface area contributed by atoms with Crippen LogP contribution >= 0.6 is 0 Å². The summed E-state index contributed by atoms with van der Waals surface area (Å²) in [4.78, 5) is 9.16. The van der Waals surface area contributed by atoms with E-state index in [-0.39, 0.29) is 0 Å². The molecule has 6 heteroatoms. The van der Waals surface area contributed by atoms with Crippen molar-refractivity contribution < 1.29 is 4.74 Å². The molecule has 0 bridgehead atoms. The molecule has 2 heterocycles. The van der Waals surface area contributed by atoms with Gasteiger partial charge in [0.05, 0.1) is 7.11 Å². The molecule has 2 aromatic heterocycles. The van der Waals surface area contributed by atoms with Crippen molar-refractivity contribution >= 4 is 0 Å². The maximum absolute atomic E-state index is 5.01. The van der Waals surface area contributed by atoms with Gasteiger partial charge < -0.3 is 10.1 Å². The van der Waals surface area contributed by atoms with Gasteiger partial charge >= 0.3 is 0 Å². The first-order chi connectivity index (χ1) is 10.1. The van der Waals surface area contributed by atoms with Gasteiger partial charge in [0.1, 0.15) is 5.69 Å². The molecule has 1 unspecified atom stereocenters. The smallest absolute Gasteiger partial charge is 0.233 e. The second-order valence-corrected chi connectivity index (χ2v) is 5.05. The zero-order chi connectivity index (χ0) is 15.4. The molecule has 0 aliphatic rings. The lowest BCUT2D eigenvalue weighted by Crippen LogP contribution is -2.18. The molecule has 2 rings (SSSR count). The number of aromatic nitrogens is 4. The van der Waals surface area contributed by atoms with Crippen LogP contribution in [0.3, 0.4) is 0 Å². The van der Waals surface area contributed by atoms with Crippen LogP contribution in [0.2, 0.25) is 0 Å². The van der Waals surface area contributed by atoms with Crippen LogP contribution < -0.4 is 10.1 Å². The second kappa shape index (κ2) is 6.58. The van der Waals surface area contributed by atoms with Crippen molar-refractivity contribution in [3.05, 3.63) is 29.1 Å². The molecule has 112 valence electrons. The molecule has 0 radical (unpaired) electrons. The third kappa shape index (κ3) is 3.33. The van der Waals surface area contributed by atoms with E-state index in [1.165, 1.54) is 5.56 Å². The van der Waals surface area contributed by atoms with Crippen molar-refractivity contribution in [3.8, 4) is 17.4 Å². The lowest BCUT2D eigenvalue weighted by atomic mass is 9.98. The Morgan fingerprint density at radius 1 is 1.14 bits per heavy atom. The van der Waals surface area contributed by atoms with Crippen molar-refractivity contribution in [2.45, 2.75) is 26.7 Å². The first kappa shape index (κ1) is 15.3. The van der Waals surface area contributed by atoms with Crippen molar-refractivity contribution in [2.75, 3.05) is 20.7 Å². The third-order valence-electron chi connectivity index (χ3n) is 3.41. The number of aryl methyl sites for hydroxylation is 2. The van der Waals surface area contributed by atoms with E-state index in [2.05, 4.69) is 32.4 Å². The van der Waals surface area contributed by atoms with Gasteiger partial charge in [-0.2, -0.15) is 0 Å². The Hall–Kier alpha value is -2.08. The standard InChI is InChI=1S/C15H21N5O/c1-9(8-16-4)14-10(2)17-15(18-11(14)3)12-6-7-13(21-5)20-19-12/h6-7,9,16H,8H2,1-5H3. The van der Waals surface area contributed by atoms with Crippen molar-refractivity contribution in [1.82, 2.24) is 25.5 Å². The van der Waals surface area contributed by atoms with Gasteiger partial charge in [0, 0.05) is 24.0 Å². The molecular formula is C15H21N5O. The molecule has 1 N–H and O–H groups in total. The van der Waals surface area contributed by atoms with Crippen molar-refractivity contribution in [2.24, 2.45) is 0 Å². The molecule has 0 aromatic carbocycles. The topological polar surface area (TPSA) is 72.8 Å². The summed E-state index contributed by atoms with van der Waals surface area (Å²) in [6.45, 7) is 7.09. The van der Waals surface area contributed by atoms with Gasteiger partial charge in [-0.05, 0) is 38.4 Å². The Morgan fingerprint density at radius 3 is 2.29 bits per heavy atom. The van der Waals surface area contributed by atoms with E-state index in [1.807, 2.05) is 27.0 Å². The second-order valence-electron chi connectivity index (χ2n) is 5.05. The summed E-state index contributed by atoms with van der Waals surface area (Å²) in [5.74, 6) is 1.44. The molecule has 0 aliphatic heterocycles.